The Morgan fingerprint density at radius 2 is 0.791 bits per heavy atom. The molecule has 0 fully saturated rings. The third kappa shape index (κ3) is 8.66. The molecule has 0 N–H and O–H groups in total. The fourth-order valence-corrected chi connectivity index (χ4v) is 15.0. The largest absolute Gasteiger partial charge is 0.311 e. The number of hydrogen-bond acceptors (Lipinski definition) is 3. The van der Waals surface area contributed by atoms with E-state index in [2.05, 4.69) is 332 Å². The highest BCUT2D eigenvalue weighted by Crippen LogP contribution is 2.55. The van der Waals surface area contributed by atoms with Crippen molar-refractivity contribution >= 4 is 74.3 Å². The van der Waals surface area contributed by atoms with Gasteiger partial charge in [0.1, 0.15) is 0 Å². The zero-order chi connectivity index (χ0) is 60.4. The number of anilines is 9. The Balaban J connectivity index is 1.07. The van der Waals surface area contributed by atoms with Gasteiger partial charge in [-0.2, -0.15) is 0 Å². The summed E-state index contributed by atoms with van der Waals surface area (Å²) in [6, 6.07) is 80.5. The molecule has 4 heteroatoms. The van der Waals surface area contributed by atoms with Gasteiger partial charge in [0.2, 0.25) is 0 Å². The van der Waals surface area contributed by atoms with Gasteiger partial charge in [-0.05, 0) is 195 Å². The predicted molar refractivity (Wildman–Crippen MR) is 371 cm³/mol. The van der Waals surface area contributed by atoms with Crippen molar-refractivity contribution in [2.75, 3.05) is 14.7 Å². The summed E-state index contributed by atoms with van der Waals surface area (Å²) < 4.78 is 0. The van der Waals surface area contributed by atoms with E-state index in [9.17, 15) is 0 Å². The van der Waals surface area contributed by atoms with Crippen LogP contribution in [0.25, 0.3) is 33.4 Å². The van der Waals surface area contributed by atoms with Crippen molar-refractivity contribution in [1.29, 1.82) is 0 Å². The van der Waals surface area contributed by atoms with E-state index in [4.69, 9.17) is 0 Å². The number of fused-ring (bicyclic) bond motifs is 10. The summed E-state index contributed by atoms with van der Waals surface area (Å²) in [5, 5.41) is 0. The van der Waals surface area contributed by atoms with Crippen LogP contribution in [0.2, 0.25) is 0 Å². The molecule has 428 valence electrons. The minimum absolute atomic E-state index is 0.00320. The predicted octanol–water partition coefficient (Wildman–Crippen LogP) is 20.7. The zero-order valence-electron chi connectivity index (χ0n) is 53.5. The van der Waals surface area contributed by atoms with Crippen molar-refractivity contribution < 1.29 is 0 Å². The Labute approximate surface area is 513 Å². The highest BCUT2D eigenvalue weighted by atomic mass is 15.2. The lowest BCUT2D eigenvalue weighted by Gasteiger charge is -2.45. The van der Waals surface area contributed by atoms with Gasteiger partial charge in [0.05, 0.1) is 0 Å². The summed E-state index contributed by atoms with van der Waals surface area (Å²) in [6.07, 6.45) is 0. The molecular formula is C82H82BN3. The second kappa shape index (κ2) is 19.1. The normalized spacial score (nSPS) is 15.1. The van der Waals surface area contributed by atoms with E-state index in [0.29, 0.717) is 0 Å². The second-order valence-corrected chi connectivity index (χ2v) is 30.3. The fraction of sp³-hybridized carbons (Fsp3) is 0.268. The van der Waals surface area contributed by atoms with Crippen molar-refractivity contribution in [3.8, 4) is 33.4 Å². The van der Waals surface area contributed by atoms with Gasteiger partial charge < -0.3 is 14.7 Å². The molecule has 0 unspecified atom stereocenters. The van der Waals surface area contributed by atoms with E-state index in [1.54, 1.807) is 0 Å². The maximum absolute atomic E-state index is 2.66. The molecule has 4 aliphatic rings. The van der Waals surface area contributed by atoms with Crippen LogP contribution in [0.5, 0.6) is 0 Å². The summed E-state index contributed by atoms with van der Waals surface area (Å²) in [5.41, 5.74) is 32.5. The molecule has 0 spiro atoms. The molecule has 10 aromatic carbocycles. The van der Waals surface area contributed by atoms with Crippen LogP contribution >= 0.6 is 0 Å². The summed E-state index contributed by atoms with van der Waals surface area (Å²) in [5.74, 6) is 0. The monoisotopic (exact) mass is 1120 g/mol. The first-order chi connectivity index (χ1) is 40.7. The van der Waals surface area contributed by atoms with E-state index >= 15 is 0 Å². The maximum Gasteiger partial charge on any atom is 0.252 e. The highest BCUT2D eigenvalue weighted by Gasteiger charge is 2.46. The van der Waals surface area contributed by atoms with Crippen LogP contribution in [0, 0.1) is 0 Å². The van der Waals surface area contributed by atoms with Crippen LogP contribution in [0.3, 0.4) is 0 Å². The molecule has 2 aliphatic carbocycles. The maximum atomic E-state index is 2.66. The molecule has 0 saturated carbocycles. The molecule has 0 radical (unpaired) electrons. The number of hydrogen-bond donors (Lipinski definition) is 0. The van der Waals surface area contributed by atoms with Gasteiger partial charge in [-0.1, -0.05) is 238 Å². The number of benzene rings is 10. The average Bonchev–Trinajstić information content (AvgIpc) is 0.800. The number of nitrogens with zero attached hydrogens (tertiary/aromatic N) is 3. The van der Waals surface area contributed by atoms with Crippen LogP contribution in [0.1, 0.15) is 155 Å². The van der Waals surface area contributed by atoms with Crippen molar-refractivity contribution in [3.05, 3.63) is 251 Å². The van der Waals surface area contributed by atoms with Gasteiger partial charge in [-0.25, -0.2) is 0 Å². The Morgan fingerprint density at radius 1 is 0.326 bits per heavy atom. The molecule has 2 aliphatic heterocycles. The van der Waals surface area contributed by atoms with Crippen molar-refractivity contribution in [2.24, 2.45) is 0 Å². The molecule has 2 heterocycles. The van der Waals surface area contributed by atoms with E-state index in [-0.39, 0.29) is 39.2 Å². The summed E-state index contributed by atoms with van der Waals surface area (Å²) in [6.45, 7) is 37.4. The van der Waals surface area contributed by atoms with Crippen LogP contribution in [-0.2, 0) is 32.5 Å². The molecule has 0 saturated heterocycles. The zero-order valence-corrected chi connectivity index (χ0v) is 53.5. The van der Waals surface area contributed by atoms with Gasteiger partial charge in [0, 0.05) is 62.0 Å². The lowest BCUT2D eigenvalue weighted by atomic mass is 9.33. The first kappa shape index (κ1) is 55.5. The van der Waals surface area contributed by atoms with Crippen molar-refractivity contribution in [3.63, 3.8) is 0 Å². The van der Waals surface area contributed by atoms with E-state index in [1.807, 2.05) is 0 Å². The third-order valence-electron chi connectivity index (χ3n) is 19.9. The third-order valence-corrected chi connectivity index (χ3v) is 19.9. The summed E-state index contributed by atoms with van der Waals surface area (Å²) in [7, 11) is 0. The second-order valence-electron chi connectivity index (χ2n) is 30.3. The Bertz CT molecular complexity index is 4320. The van der Waals surface area contributed by atoms with Crippen LogP contribution in [0.15, 0.2) is 206 Å². The van der Waals surface area contributed by atoms with Gasteiger partial charge in [0.15, 0.2) is 0 Å². The minimum atomic E-state index is -0.203. The van der Waals surface area contributed by atoms with Crippen molar-refractivity contribution in [2.45, 2.75) is 143 Å². The molecule has 14 rings (SSSR count). The molecule has 86 heavy (non-hydrogen) atoms. The molecule has 0 amide bonds. The van der Waals surface area contributed by atoms with Gasteiger partial charge >= 0.3 is 0 Å². The number of rotatable bonds is 6. The van der Waals surface area contributed by atoms with Gasteiger partial charge in [-0.3, -0.25) is 0 Å². The molecule has 10 aromatic rings. The lowest BCUT2D eigenvalue weighted by molar-refractivity contribution is 0.590. The fourth-order valence-electron chi connectivity index (χ4n) is 15.0. The SMILES string of the molecule is CC(C)(C)c1ccc(N(c2ccc(C(C)(C)C)cc2)c2ccc3c(c2)N(c2ccc4c(c2)C(C)(C)c2ccccc2-4)c2cc(C(C)(C)C)cc4c2B3c2cc(-c3cccc5c3C(C)(C)c3ccccc3-5)ccc2N4c2ccc(C(C)(C)C)cc2)cc1. The van der Waals surface area contributed by atoms with Gasteiger partial charge in [-0.15, -0.1) is 0 Å². The topological polar surface area (TPSA) is 9.72 Å². The summed E-state index contributed by atoms with van der Waals surface area (Å²) >= 11 is 0. The molecule has 0 bridgehead atoms. The smallest absolute Gasteiger partial charge is 0.252 e. The van der Waals surface area contributed by atoms with E-state index in [0.717, 1.165) is 28.4 Å². The minimum Gasteiger partial charge on any atom is -0.311 e. The molecule has 3 nitrogen and oxygen atoms in total. The van der Waals surface area contributed by atoms with Gasteiger partial charge in [0.25, 0.3) is 6.71 Å². The molecule has 0 aromatic heterocycles. The quantitative estimate of drug-likeness (QED) is 0.154. The Hall–Kier alpha value is -8.34. The Morgan fingerprint density at radius 3 is 1.36 bits per heavy atom. The van der Waals surface area contributed by atoms with Crippen molar-refractivity contribution in [1.82, 2.24) is 0 Å². The standard InChI is InChI=1S/C82H82BN3/c1-77(2,3)52-29-35-56(36-30-52)84(57-37-31-53(32-38-57)78(4,5)6)60-42-44-69-72(50-60)86(59-41-43-64-62-22-17-19-26-66(62)81(13,14)68(64)49-59)74-48-55(80(10,11)12)47-73-76(74)83(69)70-46-51(28-45-71(70)85(73)58-39-33-54(34-40-58)79(7,8)9)61-24-21-25-65-63-23-18-20-27-67(63)82(15,16)75(61)65/h17-50H,1-16H3. The first-order valence-electron chi connectivity index (χ1n) is 31.4. The first-order valence-corrected chi connectivity index (χ1v) is 31.4. The Kier molecular flexibility index (Phi) is 12.3. The van der Waals surface area contributed by atoms with E-state index in [1.165, 1.54) is 117 Å². The van der Waals surface area contributed by atoms with E-state index < -0.39 is 0 Å². The van der Waals surface area contributed by atoms with Crippen LogP contribution in [-0.4, -0.2) is 6.71 Å². The molecule has 0 atom stereocenters. The highest BCUT2D eigenvalue weighted by molar-refractivity contribution is 7.00. The van der Waals surface area contributed by atoms with Crippen LogP contribution < -0.4 is 31.1 Å². The average molecular weight is 1120 g/mol. The van der Waals surface area contributed by atoms with Crippen LogP contribution in [0.4, 0.5) is 51.2 Å². The lowest BCUT2D eigenvalue weighted by Crippen LogP contribution is -2.61. The summed E-state index contributed by atoms with van der Waals surface area (Å²) in [4.78, 5) is 7.75. The molecular weight excluding hydrogens is 1040 g/mol.